The quantitative estimate of drug-likeness (QED) is 0.489. The Balaban J connectivity index is 1.61. The maximum Gasteiger partial charge on any atom is 0.350 e. The van der Waals surface area contributed by atoms with E-state index in [2.05, 4.69) is 10.1 Å². The number of nitrogens with zero attached hydrogens (tertiary/aromatic N) is 3. The van der Waals surface area contributed by atoms with Gasteiger partial charge >= 0.3 is 5.97 Å². The Labute approximate surface area is 190 Å². The van der Waals surface area contributed by atoms with Gasteiger partial charge in [-0.1, -0.05) is 77.2 Å². The van der Waals surface area contributed by atoms with Gasteiger partial charge in [0.15, 0.2) is 11.2 Å². The van der Waals surface area contributed by atoms with Crippen LogP contribution in [-0.4, -0.2) is 29.2 Å². The molecule has 0 N–H and O–H groups in total. The van der Waals surface area contributed by atoms with E-state index in [4.69, 9.17) is 9.57 Å². The van der Waals surface area contributed by atoms with E-state index in [1.807, 2.05) is 60.7 Å². The van der Waals surface area contributed by atoms with Gasteiger partial charge in [0.05, 0.1) is 18.8 Å². The molecule has 164 valence electrons. The van der Waals surface area contributed by atoms with Crippen molar-refractivity contribution in [3.63, 3.8) is 0 Å². The number of carbonyl (C=O) groups is 2. The van der Waals surface area contributed by atoms with E-state index in [0.717, 1.165) is 22.5 Å². The second-order valence-electron chi connectivity index (χ2n) is 7.26. The molecule has 1 aliphatic heterocycles. The first-order valence-corrected chi connectivity index (χ1v) is 11.2. The number of amides is 1. The highest BCUT2D eigenvalue weighted by molar-refractivity contribution is 7.17. The summed E-state index contributed by atoms with van der Waals surface area (Å²) in [5.74, 6) is -0.733. The summed E-state index contributed by atoms with van der Waals surface area (Å²) in [7, 11) is 0. The zero-order valence-corrected chi connectivity index (χ0v) is 18.7. The molecule has 0 radical (unpaired) electrons. The lowest BCUT2D eigenvalue weighted by Crippen LogP contribution is -2.35. The van der Waals surface area contributed by atoms with Gasteiger partial charge in [-0.3, -0.25) is 9.69 Å². The van der Waals surface area contributed by atoms with E-state index in [-0.39, 0.29) is 18.6 Å². The number of anilines is 1. The number of aryl methyl sites for hydroxylation is 1. The molecule has 1 aromatic heterocycles. The summed E-state index contributed by atoms with van der Waals surface area (Å²) in [5.41, 5.74) is 2.75. The van der Waals surface area contributed by atoms with Gasteiger partial charge in [0.25, 0.3) is 5.91 Å². The minimum Gasteiger partial charge on any atom is -0.462 e. The van der Waals surface area contributed by atoms with E-state index < -0.39 is 5.97 Å². The second kappa shape index (κ2) is 9.74. The normalized spacial score (nSPS) is 15.1. The third kappa shape index (κ3) is 4.70. The van der Waals surface area contributed by atoms with Crippen LogP contribution in [0.25, 0.3) is 0 Å². The van der Waals surface area contributed by atoms with Crippen molar-refractivity contribution in [2.45, 2.75) is 32.9 Å². The van der Waals surface area contributed by atoms with E-state index in [1.54, 1.807) is 18.7 Å². The minimum atomic E-state index is -0.438. The zero-order valence-electron chi connectivity index (χ0n) is 17.9. The Hall–Kier alpha value is -3.52. The number of ether oxygens (including phenoxy) is 1. The largest absolute Gasteiger partial charge is 0.462 e. The predicted octanol–water partition coefficient (Wildman–Crippen LogP) is 4.68. The molecule has 8 heteroatoms. The molecular formula is C24H23N3O4S. The number of oxime groups is 1. The fourth-order valence-electron chi connectivity index (χ4n) is 3.38. The average Bonchev–Trinajstić information content (AvgIpc) is 3.46. The third-order valence-electron chi connectivity index (χ3n) is 4.99. The van der Waals surface area contributed by atoms with Crippen LogP contribution in [-0.2, 0) is 20.9 Å². The van der Waals surface area contributed by atoms with Crippen LogP contribution in [0.15, 0.2) is 65.8 Å². The lowest BCUT2D eigenvalue weighted by atomic mass is 10.0. The molecule has 4 rings (SSSR count). The van der Waals surface area contributed by atoms with Gasteiger partial charge in [-0.25, -0.2) is 9.78 Å². The number of rotatable bonds is 7. The second-order valence-corrected chi connectivity index (χ2v) is 8.23. The lowest BCUT2D eigenvalue weighted by molar-refractivity contribution is -0.112. The summed E-state index contributed by atoms with van der Waals surface area (Å²) < 4.78 is 5.13. The summed E-state index contributed by atoms with van der Waals surface area (Å²) in [5, 5.41) is 4.51. The molecule has 0 saturated carbocycles. The Morgan fingerprint density at radius 2 is 1.81 bits per heavy atom. The molecule has 3 aromatic rings. The molecule has 32 heavy (non-hydrogen) atoms. The van der Waals surface area contributed by atoms with E-state index in [0.29, 0.717) is 34.4 Å². The van der Waals surface area contributed by atoms with Gasteiger partial charge in [-0.15, -0.1) is 0 Å². The molecule has 0 aliphatic carbocycles. The number of thiazole rings is 1. The first kappa shape index (κ1) is 21.7. The van der Waals surface area contributed by atoms with Crippen molar-refractivity contribution in [3.8, 4) is 0 Å². The van der Waals surface area contributed by atoms with E-state index in [9.17, 15) is 9.59 Å². The van der Waals surface area contributed by atoms with Crippen molar-refractivity contribution in [3.05, 3.63) is 82.4 Å². The van der Waals surface area contributed by atoms with Crippen molar-refractivity contribution in [2.24, 2.45) is 5.16 Å². The van der Waals surface area contributed by atoms with Crippen molar-refractivity contribution in [1.29, 1.82) is 0 Å². The molecule has 1 aliphatic rings. The summed E-state index contributed by atoms with van der Waals surface area (Å²) in [6.45, 7) is 4.05. The number of hydrogen-bond acceptors (Lipinski definition) is 7. The Bertz CT molecular complexity index is 1130. The highest BCUT2D eigenvalue weighted by Crippen LogP contribution is 2.31. The lowest BCUT2D eigenvalue weighted by Gasteiger charge is -2.19. The molecule has 2 aromatic carbocycles. The SMILES string of the molecule is CCOC(=O)c1sc(N(Cc2ccccc2)C(=O)C2=NOC(c3ccccc3)C2)nc1C. The maximum absolute atomic E-state index is 13.5. The van der Waals surface area contributed by atoms with Gasteiger partial charge in [0.1, 0.15) is 10.6 Å². The van der Waals surface area contributed by atoms with E-state index in [1.165, 1.54) is 0 Å². The first-order valence-electron chi connectivity index (χ1n) is 10.3. The molecule has 0 saturated heterocycles. The van der Waals surface area contributed by atoms with Crippen LogP contribution in [0.1, 0.15) is 45.9 Å². The molecule has 1 atom stereocenters. The Morgan fingerprint density at radius 3 is 2.50 bits per heavy atom. The fraction of sp³-hybridized carbons (Fsp3) is 0.250. The van der Waals surface area contributed by atoms with Crippen molar-refractivity contribution in [2.75, 3.05) is 11.5 Å². The third-order valence-corrected chi connectivity index (χ3v) is 6.15. The van der Waals surface area contributed by atoms with Gasteiger partial charge in [-0.2, -0.15) is 0 Å². The van der Waals surface area contributed by atoms with Crippen LogP contribution in [0.2, 0.25) is 0 Å². The summed E-state index contributed by atoms with van der Waals surface area (Å²) in [6, 6.07) is 19.3. The van der Waals surface area contributed by atoms with Crippen LogP contribution in [0.5, 0.6) is 0 Å². The number of aromatic nitrogens is 1. The van der Waals surface area contributed by atoms with Gasteiger partial charge in [-0.05, 0) is 25.0 Å². The van der Waals surface area contributed by atoms with Crippen LogP contribution in [0.3, 0.4) is 0 Å². The van der Waals surface area contributed by atoms with Crippen molar-refractivity contribution < 1.29 is 19.2 Å². The van der Waals surface area contributed by atoms with Crippen LogP contribution < -0.4 is 4.90 Å². The summed E-state index contributed by atoms with van der Waals surface area (Å²) in [4.78, 5) is 37.8. The average molecular weight is 450 g/mol. The van der Waals surface area contributed by atoms with E-state index >= 15 is 0 Å². The highest BCUT2D eigenvalue weighted by atomic mass is 32.1. The predicted molar refractivity (Wildman–Crippen MR) is 123 cm³/mol. The molecular weight excluding hydrogens is 426 g/mol. The van der Waals surface area contributed by atoms with Crippen molar-refractivity contribution in [1.82, 2.24) is 4.98 Å². The molecule has 2 heterocycles. The number of hydrogen-bond donors (Lipinski definition) is 0. The molecule has 0 bridgehead atoms. The molecule has 0 spiro atoms. The van der Waals surface area contributed by atoms with Gasteiger partial charge in [0.2, 0.25) is 0 Å². The molecule has 7 nitrogen and oxygen atoms in total. The number of carbonyl (C=O) groups excluding carboxylic acids is 2. The minimum absolute atomic E-state index is 0.271. The molecule has 1 unspecified atom stereocenters. The topological polar surface area (TPSA) is 81.1 Å². The van der Waals surface area contributed by atoms with Crippen LogP contribution >= 0.6 is 11.3 Å². The zero-order chi connectivity index (χ0) is 22.5. The Morgan fingerprint density at radius 1 is 1.12 bits per heavy atom. The summed E-state index contributed by atoms with van der Waals surface area (Å²) in [6.07, 6.45) is 0.0605. The molecule has 1 amide bonds. The highest BCUT2D eigenvalue weighted by Gasteiger charge is 2.33. The standard InChI is InChI=1S/C24H23N3O4S/c1-3-30-23(29)21-16(2)25-24(32-21)27(15-17-10-6-4-7-11-17)22(28)19-14-20(31-26-19)18-12-8-5-9-13-18/h4-13,20H,3,14-15H2,1-2H3. The van der Waals surface area contributed by atoms with Crippen LogP contribution in [0, 0.1) is 6.92 Å². The van der Waals surface area contributed by atoms with Gasteiger partial charge < -0.3 is 9.57 Å². The first-order chi connectivity index (χ1) is 15.6. The number of benzene rings is 2. The summed E-state index contributed by atoms with van der Waals surface area (Å²) >= 11 is 1.14. The van der Waals surface area contributed by atoms with Crippen LogP contribution in [0.4, 0.5) is 5.13 Å². The maximum atomic E-state index is 13.5. The fourth-order valence-corrected chi connectivity index (χ4v) is 4.34. The molecule has 0 fully saturated rings. The van der Waals surface area contributed by atoms with Gasteiger partial charge in [0, 0.05) is 6.42 Å². The monoisotopic (exact) mass is 449 g/mol. The number of esters is 1. The Kier molecular flexibility index (Phi) is 6.61. The smallest absolute Gasteiger partial charge is 0.350 e. The van der Waals surface area contributed by atoms with Crippen molar-refractivity contribution >= 4 is 34.1 Å².